The molecule has 2 aliphatic rings. The number of hydrogen-bond donors (Lipinski definition) is 2. The van der Waals surface area contributed by atoms with Crippen LogP contribution >= 0.6 is 0 Å². The van der Waals surface area contributed by atoms with Crippen LogP contribution in [0.2, 0.25) is 0 Å². The molecule has 1 heterocycles. The third-order valence-electron chi connectivity index (χ3n) is 4.37. The molecule has 3 rings (SSSR count). The number of nitrogens with two attached hydrogens (primary N) is 1. The lowest BCUT2D eigenvalue weighted by atomic mass is 9.96. The van der Waals surface area contributed by atoms with Crippen LogP contribution in [0.15, 0.2) is 6.07 Å². The smallest absolute Gasteiger partial charge is 0.138 e. The van der Waals surface area contributed by atoms with E-state index in [0.29, 0.717) is 11.2 Å². The van der Waals surface area contributed by atoms with Crippen molar-refractivity contribution in [2.24, 2.45) is 11.3 Å². The van der Waals surface area contributed by atoms with Gasteiger partial charge in [-0.3, -0.25) is 0 Å². The molecule has 4 heteroatoms. The average Bonchev–Trinajstić information content (AvgIpc) is 3.16. The van der Waals surface area contributed by atoms with Crippen molar-refractivity contribution in [1.82, 2.24) is 9.97 Å². The van der Waals surface area contributed by atoms with Gasteiger partial charge in [0.05, 0.1) is 0 Å². The van der Waals surface area contributed by atoms with Gasteiger partial charge in [-0.05, 0) is 37.0 Å². The van der Waals surface area contributed by atoms with Crippen molar-refractivity contribution in [2.45, 2.75) is 51.9 Å². The fraction of sp³-hybridized carbons (Fsp3) is 0.733. The third-order valence-corrected chi connectivity index (χ3v) is 4.37. The number of nitrogens with one attached hydrogen (secondary N) is 1. The second-order valence-corrected chi connectivity index (χ2v) is 7.24. The summed E-state index contributed by atoms with van der Waals surface area (Å²) >= 11 is 0. The summed E-state index contributed by atoms with van der Waals surface area (Å²) < 4.78 is 0. The van der Waals surface area contributed by atoms with Gasteiger partial charge in [0.1, 0.15) is 17.5 Å². The van der Waals surface area contributed by atoms with Gasteiger partial charge in [0, 0.05) is 18.0 Å². The summed E-state index contributed by atoms with van der Waals surface area (Å²) in [6, 6.07) is 1.85. The molecular formula is C15H24N4. The Bertz CT molecular complexity index is 481. The summed E-state index contributed by atoms with van der Waals surface area (Å²) in [5, 5.41) is 3.49. The fourth-order valence-corrected chi connectivity index (χ4v) is 2.74. The molecule has 0 unspecified atom stereocenters. The highest BCUT2D eigenvalue weighted by Crippen LogP contribution is 2.61. The van der Waals surface area contributed by atoms with E-state index in [4.69, 9.17) is 5.73 Å². The Labute approximate surface area is 115 Å². The maximum absolute atomic E-state index is 5.89. The van der Waals surface area contributed by atoms with Gasteiger partial charge in [-0.2, -0.15) is 0 Å². The van der Waals surface area contributed by atoms with Crippen molar-refractivity contribution in [1.29, 1.82) is 0 Å². The monoisotopic (exact) mass is 260 g/mol. The van der Waals surface area contributed by atoms with Gasteiger partial charge in [-0.25, -0.2) is 9.97 Å². The van der Waals surface area contributed by atoms with Crippen molar-refractivity contribution in [2.75, 3.05) is 17.6 Å². The molecule has 3 N–H and O–H groups in total. The van der Waals surface area contributed by atoms with Crippen LogP contribution in [-0.2, 0) is 5.41 Å². The predicted molar refractivity (Wildman–Crippen MR) is 78.0 cm³/mol. The third kappa shape index (κ3) is 2.67. The van der Waals surface area contributed by atoms with E-state index in [1.807, 2.05) is 6.07 Å². The standard InChI is InChI=1S/C15H24N4/c1-14(2,3)13-18-11(16)8-12(19-13)17-9-15(6-7-15)10-4-5-10/h8,10H,4-7,9H2,1-3H3,(H3,16,17,18,19). The zero-order valence-electron chi connectivity index (χ0n) is 12.2. The van der Waals surface area contributed by atoms with E-state index in [9.17, 15) is 0 Å². The molecule has 2 saturated carbocycles. The van der Waals surface area contributed by atoms with Crippen LogP contribution in [-0.4, -0.2) is 16.5 Å². The van der Waals surface area contributed by atoms with Crippen molar-refractivity contribution < 1.29 is 0 Å². The first-order chi connectivity index (χ1) is 8.89. The van der Waals surface area contributed by atoms with Crippen LogP contribution in [0.4, 0.5) is 11.6 Å². The first-order valence-electron chi connectivity index (χ1n) is 7.28. The van der Waals surface area contributed by atoms with E-state index in [1.165, 1.54) is 25.7 Å². The van der Waals surface area contributed by atoms with Gasteiger partial charge >= 0.3 is 0 Å². The molecule has 4 nitrogen and oxygen atoms in total. The van der Waals surface area contributed by atoms with Crippen molar-refractivity contribution >= 4 is 11.6 Å². The highest BCUT2D eigenvalue weighted by molar-refractivity contribution is 5.45. The Kier molecular flexibility index (Phi) is 2.73. The first-order valence-corrected chi connectivity index (χ1v) is 7.28. The number of hydrogen-bond acceptors (Lipinski definition) is 4. The molecule has 0 spiro atoms. The van der Waals surface area contributed by atoms with E-state index in [0.717, 1.165) is 24.1 Å². The average molecular weight is 260 g/mol. The molecule has 0 saturated heterocycles. The number of anilines is 2. The van der Waals surface area contributed by atoms with Crippen LogP contribution in [0.5, 0.6) is 0 Å². The Morgan fingerprint density at radius 2 is 2.00 bits per heavy atom. The molecule has 0 amide bonds. The van der Waals surface area contributed by atoms with Crippen LogP contribution in [0, 0.1) is 11.3 Å². The lowest BCUT2D eigenvalue weighted by Gasteiger charge is -2.20. The fourth-order valence-electron chi connectivity index (χ4n) is 2.74. The van der Waals surface area contributed by atoms with E-state index in [-0.39, 0.29) is 5.41 Å². The quantitative estimate of drug-likeness (QED) is 0.873. The summed E-state index contributed by atoms with van der Waals surface area (Å²) in [4.78, 5) is 8.95. The molecule has 1 aromatic rings. The predicted octanol–water partition coefficient (Wildman–Crippen LogP) is 2.96. The second kappa shape index (κ2) is 4.09. The van der Waals surface area contributed by atoms with Gasteiger partial charge in [0.15, 0.2) is 0 Å². The minimum Gasteiger partial charge on any atom is -0.384 e. The zero-order chi connectivity index (χ0) is 13.7. The molecule has 0 radical (unpaired) electrons. The Morgan fingerprint density at radius 1 is 1.32 bits per heavy atom. The van der Waals surface area contributed by atoms with Crippen molar-refractivity contribution in [3.8, 4) is 0 Å². The number of nitrogens with zero attached hydrogens (tertiary/aromatic N) is 2. The highest BCUT2D eigenvalue weighted by Gasteiger charge is 2.53. The van der Waals surface area contributed by atoms with Crippen molar-refractivity contribution in [3.05, 3.63) is 11.9 Å². The maximum atomic E-state index is 5.89. The maximum Gasteiger partial charge on any atom is 0.138 e. The van der Waals surface area contributed by atoms with E-state index in [2.05, 4.69) is 36.1 Å². The SMILES string of the molecule is CC(C)(C)c1nc(N)cc(NCC2(C3CC3)CC2)n1. The Morgan fingerprint density at radius 3 is 2.53 bits per heavy atom. The highest BCUT2D eigenvalue weighted by atomic mass is 15.1. The molecule has 1 aromatic heterocycles. The molecule has 0 atom stereocenters. The van der Waals surface area contributed by atoms with E-state index >= 15 is 0 Å². The molecule has 0 bridgehead atoms. The van der Waals surface area contributed by atoms with Gasteiger partial charge < -0.3 is 11.1 Å². The van der Waals surface area contributed by atoms with Gasteiger partial charge in [0.2, 0.25) is 0 Å². The summed E-state index contributed by atoms with van der Waals surface area (Å²) in [7, 11) is 0. The normalized spacial score (nSPS) is 21.2. The summed E-state index contributed by atoms with van der Waals surface area (Å²) in [5.41, 5.74) is 6.39. The van der Waals surface area contributed by atoms with Crippen LogP contribution in [0.25, 0.3) is 0 Å². The van der Waals surface area contributed by atoms with E-state index < -0.39 is 0 Å². The number of aromatic nitrogens is 2. The molecule has 19 heavy (non-hydrogen) atoms. The van der Waals surface area contributed by atoms with Crippen LogP contribution in [0.3, 0.4) is 0 Å². The first kappa shape index (κ1) is 12.7. The summed E-state index contributed by atoms with van der Waals surface area (Å²) in [5.74, 6) is 3.20. The molecule has 104 valence electrons. The van der Waals surface area contributed by atoms with Gasteiger partial charge in [-0.15, -0.1) is 0 Å². The van der Waals surface area contributed by atoms with Gasteiger partial charge in [0.25, 0.3) is 0 Å². The topological polar surface area (TPSA) is 63.8 Å². The minimum atomic E-state index is -0.0699. The van der Waals surface area contributed by atoms with E-state index in [1.54, 1.807) is 0 Å². The van der Waals surface area contributed by atoms with Crippen LogP contribution < -0.4 is 11.1 Å². The van der Waals surface area contributed by atoms with Crippen LogP contribution in [0.1, 0.15) is 52.3 Å². The Hall–Kier alpha value is -1.32. The van der Waals surface area contributed by atoms with Crippen molar-refractivity contribution in [3.63, 3.8) is 0 Å². The summed E-state index contributed by atoms with van der Waals surface area (Å²) in [6.45, 7) is 7.37. The Balaban J connectivity index is 1.72. The van der Waals surface area contributed by atoms with Gasteiger partial charge in [-0.1, -0.05) is 20.8 Å². The molecule has 2 aliphatic carbocycles. The zero-order valence-corrected chi connectivity index (χ0v) is 12.2. The molecular weight excluding hydrogens is 236 g/mol. The molecule has 0 aliphatic heterocycles. The lowest BCUT2D eigenvalue weighted by Crippen LogP contribution is -2.21. The lowest BCUT2D eigenvalue weighted by molar-refractivity contribution is 0.465. The summed E-state index contributed by atoms with van der Waals surface area (Å²) in [6.07, 6.45) is 5.58. The minimum absolute atomic E-state index is 0.0699. The number of rotatable bonds is 4. The molecule has 2 fully saturated rings. The number of nitrogen functional groups attached to an aromatic ring is 1. The molecule has 0 aromatic carbocycles. The second-order valence-electron chi connectivity index (χ2n) is 7.24. The largest absolute Gasteiger partial charge is 0.384 e.